The number of hydrogen-bond donors (Lipinski definition) is 2. The maximum absolute atomic E-state index is 12.5. The van der Waals surface area contributed by atoms with Crippen LogP contribution in [0.15, 0.2) is 0 Å². The van der Waals surface area contributed by atoms with Crippen LogP contribution in [0.2, 0.25) is 0 Å². The average molecular weight is 268 g/mol. The smallest absolute Gasteiger partial charge is 0.407 e. The van der Waals surface area contributed by atoms with E-state index in [1.165, 1.54) is 0 Å². The molecule has 0 aliphatic carbocycles. The normalized spacial score (nSPS) is 25.7. The average Bonchev–Trinajstić information content (AvgIpc) is 2.13. The van der Waals surface area contributed by atoms with Crippen molar-refractivity contribution in [3.05, 3.63) is 0 Å². The molecule has 18 heavy (non-hydrogen) atoms. The largest absolute Gasteiger partial charge is 0.444 e. The predicted molar refractivity (Wildman–Crippen MR) is 60.2 cm³/mol. The molecule has 1 amide bonds. The Labute approximate surface area is 104 Å². The quantitative estimate of drug-likeness (QED) is 0.766. The highest BCUT2D eigenvalue weighted by Gasteiger charge is 2.42. The molecular weight excluding hydrogens is 249 g/mol. The third kappa shape index (κ3) is 5.12. The number of hydrogen-bond acceptors (Lipinski definition) is 3. The van der Waals surface area contributed by atoms with E-state index in [2.05, 4.69) is 10.6 Å². The van der Waals surface area contributed by atoms with Gasteiger partial charge in [-0.25, -0.2) is 4.79 Å². The summed E-state index contributed by atoms with van der Waals surface area (Å²) in [6.07, 6.45) is -4.65. The lowest BCUT2D eigenvalue weighted by Crippen LogP contribution is -2.53. The molecule has 0 spiro atoms. The lowest BCUT2D eigenvalue weighted by atomic mass is 9.99. The van der Waals surface area contributed by atoms with Crippen LogP contribution >= 0.6 is 0 Å². The molecule has 0 aromatic heterocycles. The summed E-state index contributed by atoms with van der Waals surface area (Å²) in [5.41, 5.74) is -0.652. The number of nitrogens with one attached hydrogen (secondary N) is 2. The van der Waals surface area contributed by atoms with Crippen LogP contribution in [0.4, 0.5) is 18.0 Å². The molecule has 1 aliphatic heterocycles. The second-order valence-electron chi connectivity index (χ2n) is 5.42. The maximum atomic E-state index is 12.5. The van der Waals surface area contributed by atoms with E-state index in [0.29, 0.717) is 6.42 Å². The van der Waals surface area contributed by atoms with E-state index in [4.69, 9.17) is 4.74 Å². The van der Waals surface area contributed by atoms with E-state index in [-0.39, 0.29) is 13.0 Å². The molecule has 1 rings (SSSR count). The first kappa shape index (κ1) is 15.1. The first-order valence-electron chi connectivity index (χ1n) is 5.87. The Morgan fingerprint density at radius 3 is 2.44 bits per heavy atom. The molecule has 1 heterocycles. The van der Waals surface area contributed by atoms with Crippen LogP contribution in [0.3, 0.4) is 0 Å². The van der Waals surface area contributed by atoms with Crippen molar-refractivity contribution in [3.63, 3.8) is 0 Å². The van der Waals surface area contributed by atoms with Crippen molar-refractivity contribution in [3.8, 4) is 0 Å². The number of amides is 1. The number of ether oxygens (including phenoxy) is 1. The van der Waals surface area contributed by atoms with Crippen molar-refractivity contribution in [2.45, 2.75) is 57.5 Å². The van der Waals surface area contributed by atoms with Crippen molar-refractivity contribution >= 4 is 6.09 Å². The van der Waals surface area contributed by atoms with Gasteiger partial charge in [-0.2, -0.15) is 13.2 Å². The third-order valence-electron chi connectivity index (χ3n) is 2.52. The van der Waals surface area contributed by atoms with Gasteiger partial charge in [-0.1, -0.05) is 0 Å². The van der Waals surface area contributed by atoms with E-state index in [9.17, 15) is 18.0 Å². The van der Waals surface area contributed by atoms with Crippen LogP contribution < -0.4 is 10.6 Å². The van der Waals surface area contributed by atoms with Crippen molar-refractivity contribution in [1.82, 2.24) is 10.6 Å². The minimum Gasteiger partial charge on any atom is -0.444 e. The lowest BCUT2D eigenvalue weighted by Gasteiger charge is -2.32. The summed E-state index contributed by atoms with van der Waals surface area (Å²) in [5, 5.41) is 4.87. The first-order valence-corrected chi connectivity index (χ1v) is 5.87. The summed E-state index contributed by atoms with van der Waals surface area (Å²) in [6.45, 7) is 5.33. The van der Waals surface area contributed by atoms with Gasteiger partial charge in [0.2, 0.25) is 0 Å². The lowest BCUT2D eigenvalue weighted by molar-refractivity contribution is -0.161. The molecule has 7 heteroatoms. The number of carbonyl (C=O) groups is 1. The van der Waals surface area contributed by atoms with Gasteiger partial charge in [0, 0.05) is 6.04 Å². The van der Waals surface area contributed by atoms with Gasteiger partial charge in [0.25, 0.3) is 0 Å². The van der Waals surface area contributed by atoms with Crippen LogP contribution in [0.5, 0.6) is 0 Å². The maximum Gasteiger partial charge on any atom is 0.407 e. The highest BCUT2D eigenvalue weighted by atomic mass is 19.4. The van der Waals surface area contributed by atoms with Gasteiger partial charge in [0.05, 0.1) is 0 Å². The Kier molecular flexibility index (Phi) is 4.47. The summed E-state index contributed by atoms with van der Waals surface area (Å²) in [7, 11) is 0. The predicted octanol–water partition coefficient (Wildman–Crippen LogP) is 2.19. The van der Waals surface area contributed by atoms with Gasteiger partial charge in [0.15, 0.2) is 0 Å². The molecule has 2 N–H and O–H groups in total. The minimum absolute atomic E-state index is 0.164. The topological polar surface area (TPSA) is 50.4 Å². The molecule has 0 radical (unpaired) electrons. The van der Waals surface area contributed by atoms with Crippen LogP contribution in [0.25, 0.3) is 0 Å². The number of alkyl carbamates (subject to hydrolysis) is 1. The van der Waals surface area contributed by atoms with Gasteiger partial charge >= 0.3 is 12.3 Å². The number of piperidine rings is 1. The summed E-state index contributed by atoms with van der Waals surface area (Å²) >= 11 is 0. The fourth-order valence-electron chi connectivity index (χ4n) is 1.77. The third-order valence-corrected chi connectivity index (χ3v) is 2.52. The zero-order valence-corrected chi connectivity index (χ0v) is 10.7. The van der Waals surface area contributed by atoms with Gasteiger partial charge in [-0.15, -0.1) is 0 Å². The molecule has 0 bridgehead atoms. The first-order chi connectivity index (χ1) is 8.08. The van der Waals surface area contributed by atoms with Crippen LogP contribution in [-0.2, 0) is 4.74 Å². The van der Waals surface area contributed by atoms with E-state index in [1.807, 2.05) is 0 Å². The molecule has 0 aromatic rings. The van der Waals surface area contributed by atoms with Crippen molar-refractivity contribution in [2.75, 3.05) is 6.54 Å². The Morgan fingerprint density at radius 1 is 1.33 bits per heavy atom. The standard InChI is InChI=1S/C11H19F3N2O2/c1-10(2,3)18-9(17)16-7-4-5-15-8(6-7)11(12,13)14/h7-8,15H,4-6H2,1-3H3,(H,16,17)/t7-,8+/m1/s1. The van der Waals surface area contributed by atoms with Crippen molar-refractivity contribution in [1.29, 1.82) is 0 Å². The monoisotopic (exact) mass is 268 g/mol. The molecule has 1 aliphatic rings. The zero-order chi connectivity index (χ0) is 14.0. The Morgan fingerprint density at radius 2 is 1.94 bits per heavy atom. The van der Waals surface area contributed by atoms with E-state index >= 15 is 0 Å². The molecule has 1 fully saturated rings. The Balaban J connectivity index is 2.46. The summed E-state index contributed by atoms with van der Waals surface area (Å²) in [4.78, 5) is 11.4. The second-order valence-corrected chi connectivity index (χ2v) is 5.42. The molecule has 2 atom stereocenters. The molecule has 4 nitrogen and oxygen atoms in total. The van der Waals surface area contributed by atoms with Gasteiger partial charge in [-0.3, -0.25) is 0 Å². The van der Waals surface area contributed by atoms with E-state index in [1.54, 1.807) is 20.8 Å². The highest BCUT2D eigenvalue weighted by Crippen LogP contribution is 2.26. The van der Waals surface area contributed by atoms with Crippen molar-refractivity contribution in [2.24, 2.45) is 0 Å². The molecule has 1 saturated heterocycles. The van der Waals surface area contributed by atoms with Gasteiger partial charge in [0.1, 0.15) is 11.6 Å². The zero-order valence-electron chi connectivity index (χ0n) is 10.7. The fraction of sp³-hybridized carbons (Fsp3) is 0.909. The highest BCUT2D eigenvalue weighted by molar-refractivity contribution is 5.68. The molecule has 0 aromatic carbocycles. The van der Waals surface area contributed by atoms with E-state index < -0.39 is 30.0 Å². The van der Waals surface area contributed by atoms with Crippen LogP contribution in [-0.4, -0.2) is 36.5 Å². The van der Waals surface area contributed by atoms with Crippen LogP contribution in [0, 0.1) is 0 Å². The second kappa shape index (κ2) is 5.34. The Hall–Kier alpha value is -0.980. The fourth-order valence-corrected chi connectivity index (χ4v) is 1.77. The minimum atomic E-state index is -4.28. The SMILES string of the molecule is CC(C)(C)OC(=O)N[C@@H]1CCN[C@H](C(F)(F)F)C1. The van der Waals surface area contributed by atoms with E-state index in [0.717, 1.165) is 0 Å². The molecule has 0 unspecified atom stereocenters. The molecule has 0 saturated carbocycles. The number of carbonyl (C=O) groups excluding carboxylic acids is 1. The summed E-state index contributed by atoms with van der Waals surface area (Å²) < 4.78 is 42.6. The summed E-state index contributed by atoms with van der Waals surface area (Å²) in [5.74, 6) is 0. The van der Waals surface area contributed by atoms with Crippen molar-refractivity contribution < 1.29 is 22.7 Å². The number of rotatable bonds is 1. The number of alkyl halides is 3. The van der Waals surface area contributed by atoms with Gasteiger partial charge < -0.3 is 15.4 Å². The van der Waals surface area contributed by atoms with Gasteiger partial charge in [-0.05, 0) is 40.2 Å². The molecular formula is C11H19F3N2O2. The van der Waals surface area contributed by atoms with Crippen LogP contribution in [0.1, 0.15) is 33.6 Å². The summed E-state index contributed by atoms with van der Waals surface area (Å²) in [6, 6.07) is -2.07. The number of halogens is 3. The molecule has 106 valence electrons. The Bertz CT molecular complexity index is 300.